The Morgan fingerprint density at radius 2 is 1.21 bits per heavy atom. The van der Waals surface area contributed by atoms with E-state index in [9.17, 15) is 33.9 Å². The number of H-pyrrole nitrogens is 1. The summed E-state index contributed by atoms with van der Waals surface area (Å²) in [5.41, 5.74) is 5.53. The molecule has 0 saturated carbocycles. The van der Waals surface area contributed by atoms with Gasteiger partial charge in [0.05, 0.1) is 0 Å². The van der Waals surface area contributed by atoms with Crippen molar-refractivity contribution in [3.63, 3.8) is 0 Å². The van der Waals surface area contributed by atoms with Crippen LogP contribution in [0.5, 0.6) is 5.75 Å². The van der Waals surface area contributed by atoms with Crippen LogP contribution in [0.2, 0.25) is 0 Å². The van der Waals surface area contributed by atoms with Crippen LogP contribution in [-0.4, -0.2) is 82.4 Å². The molecule has 0 spiro atoms. The number of carbonyl (C=O) groups is 6. The van der Waals surface area contributed by atoms with Gasteiger partial charge in [0.15, 0.2) is 6.61 Å². The van der Waals surface area contributed by atoms with Crippen molar-refractivity contribution in [2.45, 2.75) is 68.7 Å². The standard InChI is InChI=1S/C56H53FN6O8/c57-44-17-9-7-15-40(44)31-50-55(68)62-47(52(65)60-46(56(69)70)28-23-35-11-3-1-4-12-35)30-37-21-26-42(27-22-37)71-34-51(64)59-49(32-41-33-58-45-18-10-8-16-43(41)45)54(67)61-48(53(66)63-50)29-36-19-24-39(25-20-36)38-13-5-2-6-14-38/h1-22,24-27,33,46-50,58H,23,28-32,34H2,(H,59,64)(H,60,65)(H,61,67)(H,62,68)(H,63,66)(H,69,70)/t46-,47-,48-,49+,50+/m1/s1. The lowest BCUT2D eigenvalue weighted by Gasteiger charge is -2.27. The predicted octanol–water partition coefficient (Wildman–Crippen LogP) is 5.78. The predicted molar refractivity (Wildman–Crippen MR) is 265 cm³/mol. The number of aromatic amines is 1. The van der Waals surface area contributed by atoms with Gasteiger partial charge in [-0.15, -0.1) is 0 Å². The monoisotopic (exact) mass is 956 g/mol. The highest BCUT2D eigenvalue weighted by atomic mass is 19.1. The van der Waals surface area contributed by atoms with Crippen molar-refractivity contribution >= 4 is 46.4 Å². The van der Waals surface area contributed by atoms with E-state index in [1.807, 2.05) is 109 Å². The molecule has 2 aliphatic rings. The number of aliphatic carboxylic acids is 1. The van der Waals surface area contributed by atoms with Gasteiger partial charge in [0.1, 0.15) is 41.8 Å². The molecule has 2 bridgehead atoms. The zero-order valence-corrected chi connectivity index (χ0v) is 38.6. The molecule has 7 N–H and O–H groups in total. The first-order valence-corrected chi connectivity index (χ1v) is 23.4. The fourth-order valence-electron chi connectivity index (χ4n) is 8.59. The van der Waals surface area contributed by atoms with Gasteiger partial charge in [-0.2, -0.15) is 0 Å². The minimum atomic E-state index is -1.53. The third-order valence-electron chi connectivity index (χ3n) is 12.4. The van der Waals surface area contributed by atoms with Crippen LogP contribution < -0.4 is 31.3 Å². The summed E-state index contributed by atoms with van der Waals surface area (Å²) in [6.07, 6.45) is 1.57. The van der Waals surface area contributed by atoms with Gasteiger partial charge in [0, 0.05) is 42.8 Å². The van der Waals surface area contributed by atoms with Crippen LogP contribution in [0.3, 0.4) is 0 Å². The van der Waals surface area contributed by atoms with E-state index < -0.39 is 78.1 Å². The van der Waals surface area contributed by atoms with E-state index >= 15 is 4.39 Å². The first-order valence-electron chi connectivity index (χ1n) is 23.4. The van der Waals surface area contributed by atoms with Crippen molar-refractivity contribution in [2.75, 3.05) is 6.61 Å². The average molecular weight is 957 g/mol. The van der Waals surface area contributed by atoms with Gasteiger partial charge >= 0.3 is 5.97 Å². The average Bonchev–Trinajstić information content (AvgIpc) is 3.79. The van der Waals surface area contributed by atoms with Crippen molar-refractivity contribution in [3.05, 3.63) is 198 Å². The third-order valence-corrected chi connectivity index (χ3v) is 12.4. The number of carbonyl (C=O) groups excluding carboxylic acids is 5. The van der Waals surface area contributed by atoms with Gasteiger partial charge in [0.2, 0.25) is 23.6 Å². The second-order valence-corrected chi connectivity index (χ2v) is 17.5. The fraction of sp³-hybridized carbons (Fsp3) is 0.214. The summed E-state index contributed by atoms with van der Waals surface area (Å²) in [5, 5.41) is 24.8. The number of hydrogen-bond acceptors (Lipinski definition) is 7. The van der Waals surface area contributed by atoms with Crippen molar-refractivity contribution in [2.24, 2.45) is 0 Å². The van der Waals surface area contributed by atoms with E-state index in [-0.39, 0.29) is 43.4 Å². The number of halogens is 1. The minimum absolute atomic E-state index is 0.0210. The lowest BCUT2D eigenvalue weighted by molar-refractivity contribution is -0.142. The summed E-state index contributed by atoms with van der Waals surface area (Å²) in [6.45, 7) is -0.479. The van der Waals surface area contributed by atoms with Gasteiger partial charge in [-0.1, -0.05) is 133 Å². The Hall–Kier alpha value is -8.59. The molecule has 71 heavy (non-hydrogen) atoms. The molecular weight excluding hydrogens is 904 g/mol. The first-order chi connectivity index (χ1) is 34.4. The van der Waals surface area contributed by atoms with E-state index in [2.05, 4.69) is 31.6 Å². The maximum absolute atomic E-state index is 15.4. The SMILES string of the molecule is O=C1COc2ccc(cc2)C[C@H](C(=O)N[C@H](CCc2ccccc2)C(=O)O)NC(=O)[C@H](Cc2ccccc2F)NC(=O)[C@@H](Cc2ccc(-c3ccccc3)cc2)NC(=O)[C@H](Cc2c[nH]c3ccccc23)N1. The Balaban J connectivity index is 1.14. The summed E-state index contributed by atoms with van der Waals surface area (Å²) in [6, 6.07) is 39.1. The zero-order valence-electron chi connectivity index (χ0n) is 38.6. The number of para-hydroxylation sites is 1. The Morgan fingerprint density at radius 3 is 1.92 bits per heavy atom. The van der Waals surface area contributed by atoms with Crippen molar-refractivity contribution in [1.29, 1.82) is 0 Å². The van der Waals surface area contributed by atoms with Crippen molar-refractivity contribution in [1.82, 2.24) is 31.6 Å². The lowest BCUT2D eigenvalue weighted by atomic mass is 9.98. The van der Waals surface area contributed by atoms with Gasteiger partial charge in [0.25, 0.3) is 5.91 Å². The molecule has 5 atom stereocenters. The van der Waals surface area contributed by atoms with E-state index in [4.69, 9.17) is 4.74 Å². The number of carboxylic acids is 1. The Labute approximate surface area is 409 Å². The van der Waals surface area contributed by atoms with E-state index in [1.54, 1.807) is 36.5 Å². The number of carboxylic acid groups (broad SMARTS) is 1. The molecule has 0 aliphatic carbocycles. The van der Waals surface area contributed by atoms with Crippen molar-refractivity contribution in [3.8, 4) is 16.9 Å². The van der Waals surface area contributed by atoms with Crippen LogP contribution in [0.1, 0.15) is 34.2 Å². The third kappa shape index (κ3) is 13.1. The van der Waals surface area contributed by atoms with Crippen LogP contribution in [0, 0.1) is 5.82 Å². The van der Waals surface area contributed by atoms with Crippen LogP contribution in [0.4, 0.5) is 4.39 Å². The molecular formula is C56H53FN6O8. The number of rotatable bonds is 13. The molecule has 0 fully saturated rings. The van der Waals surface area contributed by atoms with Gasteiger partial charge in [-0.05, 0) is 76.1 Å². The van der Waals surface area contributed by atoms with E-state index in [0.29, 0.717) is 17.5 Å². The summed E-state index contributed by atoms with van der Waals surface area (Å²) in [4.78, 5) is 87.8. The molecule has 14 nitrogen and oxygen atoms in total. The van der Waals surface area contributed by atoms with Crippen LogP contribution in [-0.2, 0) is 60.9 Å². The summed E-state index contributed by atoms with van der Waals surface area (Å²) in [5.74, 6) is -5.49. The topological polar surface area (TPSA) is 208 Å². The molecule has 0 radical (unpaired) electrons. The Morgan fingerprint density at radius 1 is 0.620 bits per heavy atom. The number of aryl methyl sites for hydroxylation is 1. The number of hydrogen-bond donors (Lipinski definition) is 7. The molecule has 3 heterocycles. The molecule has 362 valence electrons. The van der Waals surface area contributed by atoms with Gasteiger partial charge in [-0.25, -0.2) is 9.18 Å². The second-order valence-electron chi connectivity index (χ2n) is 17.5. The fourth-order valence-corrected chi connectivity index (χ4v) is 8.59. The smallest absolute Gasteiger partial charge is 0.326 e. The van der Waals surface area contributed by atoms with E-state index in [1.165, 1.54) is 18.2 Å². The molecule has 2 aliphatic heterocycles. The van der Waals surface area contributed by atoms with Gasteiger partial charge < -0.3 is 41.4 Å². The molecule has 0 unspecified atom stereocenters. The summed E-state index contributed by atoms with van der Waals surface area (Å²) < 4.78 is 21.3. The number of nitrogens with one attached hydrogen (secondary N) is 6. The molecule has 7 aromatic rings. The quantitative estimate of drug-likeness (QED) is 0.0704. The molecule has 6 aromatic carbocycles. The van der Waals surface area contributed by atoms with Crippen LogP contribution in [0.15, 0.2) is 164 Å². The number of amides is 5. The van der Waals surface area contributed by atoms with Crippen LogP contribution in [0.25, 0.3) is 22.0 Å². The zero-order chi connectivity index (χ0) is 49.7. The molecule has 9 rings (SSSR count). The highest BCUT2D eigenvalue weighted by Crippen LogP contribution is 2.22. The highest BCUT2D eigenvalue weighted by Gasteiger charge is 2.34. The molecule has 15 heteroatoms. The number of aromatic nitrogens is 1. The molecule has 1 aromatic heterocycles. The lowest BCUT2D eigenvalue weighted by Crippen LogP contribution is -2.60. The first kappa shape index (κ1) is 48.9. The highest BCUT2D eigenvalue weighted by molar-refractivity contribution is 5.97. The second kappa shape index (κ2) is 23.1. The van der Waals surface area contributed by atoms with E-state index in [0.717, 1.165) is 33.2 Å². The maximum atomic E-state index is 15.4. The Kier molecular flexibility index (Phi) is 15.9. The van der Waals surface area contributed by atoms with Crippen molar-refractivity contribution < 1.29 is 43.0 Å². The van der Waals surface area contributed by atoms with Gasteiger partial charge in [-0.3, -0.25) is 24.0 Å². The largest absolute Gasteiger partial charge is 0.484 e. The molecule has 0 saturated heterocycles. The summed E-state index contributed by atoms with van der Waals surface area (Å²) in [7, 11) is 0. The normalized spacial score (nSPS) is 18.3. The number of benzene rings is 6. The summed E-state index contributed by atoms with van der Waals surface area (Å²) >= 11 is 0. The van der Waals surface area contributed by atoms with Crippen LogP contribution >= 0.6 is 0 Å². The Bertz CT molecular complexity index is 2980. The number of ether oxygens (including phenoxy) is 1. The minimum Gasteiger partial charge on any atom is -0.484 e. The molecule has 5 amide bonds. The number of fused-ring (bicyclic) bond motifs is 17. The maximum Gasteiger partial charge on any atom is 0.326 e.